The van der Waals surface area contributed by atoms with Crippen LogP contribution in [0.4, 0.5) is 4.79 Å². The van der Waals surface area contributed by atoms with Crippen LogP contribution in [0.2, 0.25) is 0 Å². The Labute approximate surface area is 143 Å². The fourth-order valence-corrected chi connectivity index (χ4v) is 5.31. The molecule has 0 bridgehead atoms. The summed E-state index contributed by atoms with van der Waals surface area (Å²) in [4.78, 5) is 11.9. The number of amides is 1. The summed E-state index contributed by atoms with van der Waals surface area (Å²) in [5, 5.41) is 2.89. The predicted molar refractivity (Wildman–Crippen MR) is 90.9 cm³/mol. The lowest BCUT2D eigenvalue weighted by Crippen LogP contribution is -2.44. The Balaban J connectivity index is 1.41. The Kier molecular flexibility index (Phi) is 5.40. The Morgan fingerprint density at radius 1 is 1.17 bits per heavy atom. The lowest BCUT2D eigenvalue weighted by molar-refractivity contribution is 0.130. The van der Waals surface area contributed by atoms with E-state index in [4.69, 9.17) is 4.74 Å². The summed E-state index contributed by atoms with van der Waals surface area (Å²) in [5.41, 5.74) is 0.954. The van der Waals surface area contributed by atoms with E-state index in [1.165, 1.54) is 0 Å². The van der Waals surface area contributed by atoms with Crippen molar-refractivity contribution in [1.29, 1.82) is 0 Å². The minimum absolute atomic E-state index is 0.0647. The molecule has 0 unspecified atom stereocenters. The number of hydrogen-bond acceptors (Lipinski definition) is 4. The summed E-state index contributed by atoms with van der Waals surface area (Å²) < 4.78 is 30.9. The monoisotopic (exact) mass is 352 g/mol. The molecule has 1 N–H and O–H groups in total. The van der Waals surface area contributed by atoms with Gasteiger partial charge >= 0.3 is 6.09 Å². The minimum Gasteiger partial charge on any atom is -0.445 e. The maximum Gasteiger partial charge on any atom is 0.407 e. The van der Waals surface area contributed by atoms with Gasteiger partial charge in [0, 0.05) is 18.6 Å². The number of ether oxygens (including phenoxy) is 1. The van der Waals surface area contributed by atoms with Crippen LogP contribution in [0.1, 0.15) is 37.7 Å². The van der Waals surface area contributed by atoms with Crippen molar-refractivity contribution in [1.82, 2.24) is 9.62 Å². The number of carbonyl (C=O) groups excluding carboxylic acids is 1. The first-order valence-electron chi connectivity index (χ1n) is 8.51. The van der Waals surface area contributed by atoms with Gasteiger partial charge < -0.3 is 10.1 Å². The van der Waals surface area contributed by atoms with Gasteiger partial charge in [0.1, 0.15) is 6.61 Å². The first-order chi connectivity index (χ1) is 11.5. The second kappa shape index (κ2) is 7.53. The highest BCUT2D eigenvalue weighted by molar-refractivity contribution is 7.89. The van der Waals surface area contributed by atoms with Crippen molar-refractivity contribution in [3.05, 3.63) is 35.9 Å². The van der Waals surface area contributed by atoms with Crippen LogP contribution in [0.3, 0.4) is 0 Å². The number of carbonyl (C=O) groups is 1. The van der Waals surface area contributed by atoms with Crippen molar-refractivity contribution in [3.8, 4) is 0 Å². The second-order valence-electron chi connectivity index (χ2n) is 6.49. The standard InChI is InChI=1S/C17H24N2O4S/c20-17(23-13-14-5-2-1-3-6-14)18-15-7-9-16(10-8-15)19-11-4-12-24(19,21)22/h1-3,5-6,15-16H,4,7-13H2,(H,18,20)/t15-,16-. The molecule has 6 nitrogen and oxygen atoms in total. The SMILES string of the molecule is O=C(N[C@H]1CC[C@H](N2CCCS2(=O)=O)CC1)OCc1ccccc1. The zero-order valence-electron chi connectivity index (χ0n) is 13.7. The van der Waals surface area contributed by atoms with Crippen molar-refractivity contribution in [2.75, 3.05) is 12.3 Å². The number of rotatable bonds is 4. The average Bonchev–Trinajstić information content (AvgIpc) is 2.94. The first kappa shape index (κ1) is 17.2. The van der Waals surface area contributed by atoms with Gasteiger partial charge in [-0.05, 0) is 37.7 Å². The van der Waals surface area contributed by atoms with Crippen molar-refractivity contribution >= 4 is 16.1 Å². The molecule has 132 valence electrons. The molecule has 1 aromatic carbocycles. The van der Waals surface area contributed by atoms with Crippen LogP contribution >= 0.6 is 0 Å². The van der Waals surface area contributed by atoms with Crippen molar-refractivity contribution in [3.63, 3.8) is 0 Å². The molecule has 1 amide bonds. The number of alkyl carbamates (subject to hydrolysis) is 1. The summed E-state index contributed by atoms with van der Waals surface area (Å²) in [5.74, 6) is 0.275. The molecule has 7 heteroatoms. The highest BCUT2D eigenvalue weighted by atomic mass is 32.2. The molecule has 3 rings (SSSR count). The van der Waals surface area contributed by atoms with E-state index in [0.717, 1.165) is 37.7 Å². The molecular formula is C17H24N2O4S. The Morgan fingerprint density at radius 3 is 2.50 bits per heavy atom. The van der Waals surface area contributed by atoms with Crippen LogP contribution in [0.15, 0.2) is 30.3 Å². The van der Waals surface area contributed by atoms with E-state index in [-0.39, 0.29) is 24.4 Å². The molecular weight excluding hydrogens is 328 g/mol. The molecule has 1 heterocycles. The third kappa shape index (κ3) is 4.27. The van der Waals surface area contributed by atoms with Crippen LogP contribution < -0.4 is 5.32 Å². The lowest BCUT2D eigenvalue weighted by Gasteiger charge is -2.33. The molecule has 0 spiro atoms. The van der Waals surface area contributed by atoms with E-state index < -0.39 is 16.1 Å². The quantitative estimate of drug-likeness (QED) is 0.902. The van der Waals surface area contributed by atoms with Gasteiger partial charge in [0.25, 0.3) is 0 Å². The van der Waals surface area contributed by atoms with Gasteiger partial charge in [0.15, 0.2) is 0 Å². The summed E-state index contributed by atoms with van der Waals surface area (Å²) in [6.07, 6.45) is 3.49. The molecule has 1 aliphatic heterocycles. The topological polar surface area (TPSA) is 75.7 Å². The van der Waals surface area contributed by atoms with Gasteiger partial charge in [-0.2, -0.15) is 4.31 Å². The van der Waals surface area contributed by atoms with E-state index in [1.54, 1.807) is 4.31 Å². The van der Waals surface area contributed by atoms with E-state index in [2.05, 4.69) is 5.32 Å². The van der Waals surface area contributed by atoms with Gasteiger partial charge in [-0.25, -0.2) is 13.2 Å². The number of benzene rings is 1. The predicted octanol–water partition coefficient (Wildman–Crippen LogP) is 2.26. The largest absolute Gasteiger partial charge is 0.445 e. The van der Waals surface area contributed by atoms with Crippen molar-refractivity contribution < 1.29 is 17.9 Å². The number of nitrogens with zero attached hydrogens (tertiary/aromatic N) is 1. The smallest absolute Gasteiger partial charge is 0.407 e. The first-order valence-corrected chi connectivity index (χ1v) is 10.1. The Bertz CT molecular complexity index is 654. The number of nitrogens with one attached hydrogen (secondary N) is 1. The third-order valence-electron chi connectivity index (χ3n) is 4.78. The maximum atomic E-state index is 12.0. The Hall–Kier alpha value is -1.60. The van der Waals surface area contributed by atoms with E-state index in [0.29, 0.717) is 6.54 Å². The van der Waals surface area contributed by atoms with Gasteiger partial charge in [0.05, 0.1) is 5.75 Å². The summed E-state index contributed by atoms with van der Waals surface area (Å²) in [6.45, 7) is 0.901. The fourth-order valence-electron chi connectivity index (χ4n) is 3.51. The molecule has 0 atom stereocenters. The van der Waals surface area contributed by atoms with Gasteiger partial charge in [-0.15, -0.1) is 0 Å². The zero-order valence-corrected chi connectivity index (χ0v) is 14.5. The third-order valence-corrected chi connectivity index (χ3v) is 6.78. The molecule has 2 aliphatic rings. The summed E-state index contributed by atoms with van der Waals surface area (Å²) >= 11 is 0. The molecule has 1 saturated heterocycles. The normalized spacial score (nSPS) is 26.8. The van der Waals surface area contributed by atoms with Gasteiger partial charge in [0.2, 0.25) is 10.0 Å². The lowest BCUT2D eigenvalue weighted by atomic mass is 9.91. The van der Waals surface area contributed by atoms with Crippen molar-refractivity contribution in [2.24, 2.45) is 0 Å². The minimum atomic E-state index is -3.05. The molecule has 0 aromatic heterocycles. The van der Waals surface area contributed by atoms with E-state index >= 15 is 0 Å². The molecule has 24 heavy (non-hydrogen) atoms. The van der Waals surface area contributed by atoms with Crippen LogP contribution in [0.5, 0.6) is 0 Å². The van der Waals surface area contributed by atoms with Crippen molar-refractivity contribution in [2.45, 2.75) is 50.8 Å². The molecule has 1 saturated carbocycles. The molecule has 1 aliphatic carbocycles. The molecule has 1 aromatic rings. The summed E-state index contributed by atoms with van der Waals surface area (Å²) in [7, 11) is -3.05. The van der Waals surface area contributed by atoms with Crippen LogP contribution in [0, 0.1) is 0 Å². The number of hydrogen-bond donors (Lipinski definition) is 1. The fraction of sp³-hybridized carbons (Fsp3) is 0.588. The Morgan fingerprint density at radius 2 is 1.88 bits per heavy atom. The van der Waals surface area contributed by atoms with E-state index in [9.17, 15) is 13.2 Å². The molecule has 2 fully saturated rings. The zero-order chi connectivity index (χ0) is 17.0. The van der Waals surface area contributed by atoms with E-state index in [1.807, 2.05) is 30.3 Å². The second-order valence-corrected chi connectivity index (χ2v) is 8.53. The van der Waals surface area contributed by atoms with Crippen LogP contribution in [0.25, 0.3) is 0 Å². The van der Waals surface area contributed by atoms with Gasteiger partial charge in [-0.1, -0.05) is 30.3 Å². The van der Waals surface area contributed by atoms with Crippen LogP contribution in [-0.4, -0.2) is 43.2 Å². The maximum absolute atomic E-state index is 12.0. The average molecular weight is 352 g/mol. The molecule has 0 radical (unpaired) electrons. The highest BCUT2D eigenvalue weighted by Crippen LogP contribution is 2.28. The number of sulfonamides is 1. The summed E-state index contributed by atoms with van der Waals surface area (Å²) in [6, 6.07) is 9.71. The van der Waals surface area contributed by atoms with Crippen LogP contribution in [-0.2, 0) is 21.4 Å². The highest BCUT2D eigenvalue weighted by Gasteiger charge is 2.36. The van der Waals surface area contributed by atoms with Gasteiger partial charge in [-0.3, -0.25) is 0 Å².